The van der Waals surface area contributed by atoms with Crippen LogP contribution in [-0.4, -0.2) is 11.7 Å². The Morgan fingerprint density at radius 3 is 2.44 bits per heavy atom. The van der Waals surface area contributed by atoms with Crippen LogP contribution in [0.2, 0.25) is 0 Å². The number of aliphatic hydroxyl groups excluding tert-OH is 1. The van der Waals surface area contributed by atoms with E-state index in [0.29, 0.717) is 5.92 Å². The smallest absolute Gasteiger partial charge is 0.122 e. The molecule has 0 saturated heterocycles. The van der Waals surface area contributed by atoms with Crippen molar-refractivity contribution in [1.82, 2.24) is 0 Å². The Balaban J connectivity index is 2.99. The largest absolute Gasteiger partial charge is 0.493 e. The van der Waals surface area contributed by atoms with Gasteiger partial charge in [-0.1, -0.05) is 26.8 Å². The van der Waals surface area contributed by atoms with Gasteiger partial charge in [0.1, 0.15) is 5.75 Å². The summed E-state index contributed by atoms with van der Waals surface area (Å²) in [4.78, 5) is 0. The van der Waals surface area contributed by atoms with Crippen LogP contribution < -0.4 is 4.74 Å². The molecule has 2 nitrogen and oxygen atoms in total. The van der Waals surface area contributed by atoms with Gasteiger partial charge in [0.05, 0.1) is 12.7 Å². The highest BCUT2D eigenvalue weighted by molar-refractivity contribution is 5.40. The van der Waals surface area contributed by atoms with Gasteiger partial charge in [0, 0.05) is 0 Å². The monoisotopic (exact) mass is 222 g/mol. The fourth-order valence-electron chi connectivity index (χ4n) is 1.62. The van der Waals surface area contributed by atoms with E-state index in [1.165, 1.54) is 5.56 Å². The Kier molecular flexibility index (Phi) is 4.81. The van der Waals surface area contributed by atoms with Gasteiger partial charge in [0.2, 0.25) is 0 Å². The third kappa shape index (κ3) is 3.24. The zero-order chi connectivity index (χ0) is 12.1. The van der Waals surface area contributed by atoms with Crippen molar-refractivity contribution in [1.29, 1.82) is 0 Å². The number of hydrogen-bond donors (Lipinski definition) is 1. The summed E-state index contributed by atoms with van der Waals surface area (Å²) < 4.78 is 5.70. The summed E-state index contributed by atoms with van der Waals surface area (Å²) in [6, 6.07) is 5.94. The highest BCUT2D eigenvalue weighted by Gasteiger charge is 2.10. The van der Waals surface area contributed by atoms with Crippen LogP contribution in [0.1, 0.15) is 57.3 Å². The molecule has 0 heterocycles. The predicted octanol–water partition coefficient (Wildman–Crippen LogP) is 3.65. The van der Waals surface area contributed by atoms with E-state index in [1.54, 1.807) is 6.92 Å². The highest BCUT2D eigenvalue weighted by atomic mass is 16.5. The number of ether oxygens (including phenoxy) is 1. The Morgan fingerprint density at radius 1 is 1.25 bits per heavy atom. The molecule has 1 rings (SSSR count). The van der Waals surface area contributed by atoms with Crippen molar-refractivity contribution in [3.63, 3.8) is 0 Å². The fourth-order valence-corrected chi connectivity index (χ4v) is 1.62. The van der Waals surface area contributed by atoms with Crippen LogP contribution >= 0.6 is 0 Å². The van der Waals surface area contributed by atoms with Gasteiger partial charge in [-0.25, -0.2) is 0 Å². The maximum absolute atomic E-state index is 9.56. The number of benzene rings is 1. The fraction of sp³-hybridized carbons (Fsp3) is 0.571. The summed E-state index contributed by atoms with van der Waals surface area (Å²) in [5, 5.41) is 9.56. The molecule has 2 heteroatoms. The molecule has 0 aliphatic rings. The third-order valence-corrected chi connectivity index (χ3v) is 2.60. The third-order valence-electron chi connectivity index (χ3n) is 2.60. The maximum atomic E-state index is 9.56. The average Bonchev–Trinajstić information content (AvgIpc) is 2.25. The van der Waals surface area contributed by atoms with Crippen LogP contribution in [0.25, 0.3) is 0 Å². The van der Waals surface area contributed by atoms with Crippen molar-refractivity contribution in [3.8, 4) is 5.75 Å². The minimum Gasteiger partial charge on any atom is -0.493 e. The van der Waals surface area contributed by atoms with Crippen molar-refractivity contribution >= 4 is 0 Å². The molecule has 0 fully saturated rings. The molecule has 0 amide bonds. The standard InChI is InChI=1S/C14H22O2/c1-5-8-16-14-7-6-12(11(4)15)9-13(14)10(2)3/h6-7,9-11,15H,5,8H2,1-4H3/t11-/m0/s1. The SMILES string of the molecule is CCCOc1ccc([C@H](C)O)cc1C(C)C. The van der Waals surface area contributed by atoms with E-state index >= 15 is 0 Å². The molecule has 0 aliphatic carbocycles. The summed E-state index contributed by atoms with van der Waals surface area (Å²) in [6.07, 6.45) is 0.591. The van der Waals surface area contributed by atoms with Crippen LogP contribution in [0.3, 0.4) is 0 Å². The van der Waals surface area contributed by atoms with Crippen LogP contribution in [0.5, 0.6) is 5.75 Å². The molecule has 1 N–H and O–H groups in total. The Hall–Kier alpha value is -1.02. The van der Waals surface area contributed by atoms with Gasteiger partial charge in [-0.2, -0.15) is 0 Å². The molecule has 1 aromatic carbocycles. The number of hydrogen-bond acceptors (Lipinski definition) is 2. The highest BCUT2D eigenvalue weighted by Crippen LogP contribution is 2.29. The van der Waals surface area contributed by atoms with Crippen molar-refractivity contribution in [3.05, 3.63) is 29.3 Å². The van der Waals surface area contributed by atoms with Gasteiger partial charge in [0.15, 0.2) is 0 Å². The van der Waals surface area contributed by atoms with E-state index in [-0.39, 0.29) is 0 Å². The van der Waals surface area contributed by atoms with Gasteiger partial charge >= 0.3 is 0 Å². The maximum Gasteiger partial charge on any atom is 0.122 e. The molecule has 0 radical (unpaired) electrons. The summed E-state index contributed by atoms with van der Waals surface area (Å²) in [7, 11) is 0. The number of rotatable bonds is 5. The minimum absolute atomic E-state index is 0.408. The van der Waals surface area contributed by atoms with E-state index in [1.807, 2.05) is 18.2 Å². The Labute approximate surface area is 98.3 Å². The molecule has 0 bridgehead atoms. The second-order valence-electron chi connectivity index (χ2n) is 4.48. The summed E-state index contributed by atoms with van der Waals surface area (Å²) in [6.45, 7) is 8.90. The predicted molar refractivity (Wildman–Crippen MR) is 67.0 cm³/mol. The van der Waals surface area contributed by atoms with Gasteiger partial charge in [-0.05, 0) is 42.5 Å². The van der Waals surface area contributed by atoms with Gasteiger partial charge < -0.3 is 9.84 Å². The zero-order valence-electron chi connectivity index (χ0n) is 10.7. The Morgan fingerprint density at radius 2 is 1.94 bits per heavy atom. The second kappa shape index (κ2) is 5.90. The van der Waals surface area contributed by atoms with Crippen molar-refractivity contribution in [2.45, 2.75) is 46.1 Å². The van der Waals surface area contributed by atoms with Crippen molar-refractivity contribution in [2.24, 2.45) is 0 Å². The molecule has 1 atom stereocenters. The lowest BCUT2D eigenvalue weighted by atomic mass is 9.98. The molecular weight excluding hydrogens is 200 g/mol. The molecule has 0 aromatic heterocycles. The summed E-state index contributed by atoms with van der Waals surface area (Å²) >= 11 is 0. The van der Waals surface area contributed by atoms with Crippen LogP contribution in [0.15, 0.2) is 18.2 Å². The van der Waals surface area contributed by atoms with E-state index in [4.69, 9.17) is 4.74 Å². The number of aliphatic hydroxyl groups is 1. The zero-order valence-corrected chi connectivity index (χ0v) is 10.7. The molecule has 0 spiro atoms. The van der Waals surface area contributed by atoms with Gasteiger partial charge in [-0.3, -0.25) is 0 Å². The molecule has 16 heavy (non-hydrogen) atoms. The minimum atomic E-state index is -0.419. The molecule has 1 aromatic rings. The molecular formula is C14H22O2. The van der Waals surface area contributed by atoms with Crippen molar-refractivity contribution in [2.75, 3.05) is 6.61 Å². The quantitative estimate of drug-likeness (QED) is 0.824. The lowest BCUT2D eigenvalue weighted by molar-refractivity contribution is 0.199. The van der Waals surface area contributed by atoms with E-state index in [2.05, 4.69) is 20.8 Å². The Bertz CT molecular complexity index is 330. The van der Waals surface area contributed by atoms with Crippen LogP contribution in [-0.2, 0) is 0 Å². The first-order valence-corrected chi connectivity index (χ1v) is 6.01. The molecule has 0 aliphatic heterocycles. The first-order chi connectivity index (χ1) is 7.56. The first-order valence-electron chi connectivity index (χ1n) is 6.01. The summed E-state index contributed by atoms with van der Waals surface area (Å²) in [5.41, 5.74) is 2.12. The lowest BCUT2D eigenvalue weighted by Crippen LogP contribution is -2.02. The molecule has 0 saturated carbocycles. The molecule has 90 valence electrons. The second-order valence-corrected chi connectivity index (χ2v) is 4.48. The van der Waals surface area contributed by atoms with Crippen LogP contribution in [0.4, 0.5) is 0 Å². The van der Waals surface area contributed by atoms with E-state index in [0.717, 1.165) is 24.3 Å². The lowest BCUT2D eigenvalue weighted by Gasteiger charge is -2.16. The van der Waals surface area contributed by atoms with E-state index in [9.17, 15) is 5.11 Å². The molecule has 0 unspecified atom stereocenters. The van der Waals surface area contributed by atoms with Gasteiger partial charge in [0.25, 0.3) is 0 Å². The normalized spacial score (nSPS) is 12.9. The summed E-state index contributed by atoms with van der Waals surface area (Å²) in [5.74, 6) is 1.35. The van der Waals surface area contributed by atoms with Crippen molar-refractivity contribution < 1.29 is 9.84 Å². The van der Waals surface area contributed by atoms with E-state index < -0.39 is 6.10 Å². The first kappa shape index (κ1) is 13.0. The topological polar surface area (TPSA) is 29.5 Å². The average molecular weight is 222 g/mol. The van der Waals surface area contributed by atoms with Crippen LogP contribution in [0, 0.1) is 0 Å². The van der Waals surface area contributed by atoms with Gasteiger partial charge in [-0.15, -0.1) is 0 Å².